The maximum atomic E-state index is 12.5. The Morgan fingerprint density at radius 2 is 1.95 bits per heavy atom. The molecule has 112 valence electrons. The molecule has 1 unspecified atom stereocenters. The molecule has 0 radical (unpaired) electrons. The van der Waals surface area contributed by atoms with Crippen LogP contribution in [0, 0.1) is 5.92 Å². The lowest BCUT2D eigenvalue weighted by atomic mass is 9.84. The van der Waals surface area contributed by atoms with Crippen LogP contribution in [0.25, 0.3) is 0 Å². The fourth-order valence-corrected chi connectivity index (χ4v) is 3.53. The van der Waals surface area contributed by atoms with Gasteiger partial charge in [0, 0.05) is 24.3 Å². The van der Waals surface area contributed by atoms with Crippen molar-refractivity contribution >= 4 is 11.6 Å². The van der Waals surface area contributed by atoms with Crippen molar-refractivity contribution in [2.75, 3.05) is 32.2 Å². The summed E-state index contributed by atoms with van der Waals surface area (Å²) in [6.07, 6.45) is 2.34. The van der Waals surface area contributed by atoms with E-state index in [1.165, 1.54) is 12.8 Å². The Hall–Kier alpha value is -1.95. The minimum atomic E-state index is -0.121. The Balaban J connectivity index is 1.53. The van der Waals surface area contributed by atoms with Crippen LogP contribution in [-0.2, 0) is 0 Å². The lowest BCUT2D eigenvalue weighted by Gasteiger charge is -2.44. The predicted molar refractivity (Wildman–Crippen MR) is 77.4 cm³/mol. The molecule has 3 saturated heterocycles. The van der Waals surface area contributed by atoms with Gasteiger partial charge in [-0.25, -0.2) is 0 Å². The van der Waals surface area contributed by atoms with E-state index in [9.17, 15) is 4.79 Å². The van der Waals surface area contributed by atoms with Crippen molar-refractivity contribution in [2.24, 2.45) is 5.92 Å². The largest absolute Gasteiger partial charge is 0.454 e. The van der Waals surface area contributed by atoms with Gasteiger partial charge in [-0.15, -0.1) is 0 Å². The third kappa shape index (κ3) is 2.19. The minimum absolute atomic E-state index is 0.121. The first-order valence-electron chi connectivity index (χ1n) is 7.43. The van der Waals surface area contributed by atoms with E-state index in [1.807, 2.05) is 0 Å². The summed E-state index contributed by atoms with van der Waals surface area (Å²) in [6, 6.07) is 3.56. The van der Waals surface area contributed by atoms with E-state index >= 15 is 0 Å². The first-order chi connectivity index (χ1) is 10.2. The summed E-state index contributed by atoms with van der Waals surface area (Å²) in [5, 5.41) is 3.14. The van der Waals surface area contributed by atoms with Gasteiger partial charge < -0.3 is 25.4 Å². The summed E-state index contributed by atoms with van der Waals surface area (Å²) in [4.78, 5) is 14.9. The maximum Gasteiger partial charge on any atom is 0.253 e. The Bertz CT molecular complexity index is 582. The molecule has 2 bridgehead atoms. The molecule has 1 amide bonds. The third-order valence-electron chi connectivity index (χ3n) is 4.76. The van der Waals surface area contributed by atoms with E-state index in [0.29, 0.717) is 28.7 Å². The molecule has 4 heterocycles. The minimum Gasteiger partial charge on any atom is -0.454 e. The molecule has 0 saturated carbocycles. The Kier molecular flexibility index (Phi) is 2.92. The summed E-state index contributed by atoms with van der Waals surface area (Å²) in [6.45, 7) is 3.44. The number of ether oxygens (including phenoxy) is 2. The molecule has 1 atom stereocenters. The van der Waals surface area contributed by atoms with E-state index in [-0.39, 0.29) is 18.7 Å². The zero-order chi connectivity index (χ0) is 14.4. The van der Waals surface area contributed by atoms with Crippen molar-refractivity contribution in [1.29, 1.82) is 0 Å². The Morgan fingerprint density at radius 3 is 2.62 bits per heavy atom. The molecule has 21 heavy (non-hydrogen) atoms. The number of nitrogen functional groups attached to an aromatic ring is 1. The van der Waals surface area contributed by atoms with Crippen molar-refractivity contribution in [1.82, 2.24) is 10.2 Å². The highest BCUT2D eigenvalue weighted by atomic mass is 16.7. The van der Waals surface area contributed by atoms with Gasteiger partial charge in [0.05, 0.1) is 5.56 Å². The summed E-state index contributed by atoms with van der Waals surface area (Å²) in [7, 11) is 0. The van der Waals surface area contributed by atoms with Crippen LogP contribution in [0.4, 0.5) is 5.69 Å². The highest BCUT2D eigenvalue weighted by Crippen LogP contribution is 2.36. The molecule has 1 aromatic carbocycles. The SMILES string of the molecule is Nc1cc2c(cc1C(=O)NC1CN3CCC1CC3)OCO2. The molecule has 0 aliphatic carbocycles. The molecule has 4 aliphatic rings. The fraction of sp³-hybridized carbons (Fsp3) is 0.533. The molecule has 4 aliphatic heterocycles. The highest BCUT2D eigenvalue weighted by Gasteiger charge is 2.35. The number of hydrogen-bond acceptors (Lipinski definition) is 5. The summed E-state index contributed by atoms with van der Waals surface area (Å²) in [5.41, 5.74) is 6.87. The van der Waals surface area contributed by atoms with Crippen LogP contribution in [0.3, 0.4) is 0 Å². The molecule has 5 rings (SSSR count). The van der Waals surface area contributed by atoms with Gasteiger partial charge in [0.2, 0.25) is 6.79 Å². The lowest BCUT2D eigenvalue weighted by Crippen LogP contribution is -2.57. The number of nitrogens with zero attached hydrogens (tertiary/aromatic N) is 1. The fourth-order valence-electron chi connectivity index (χ4n) is 3.53. The van der Waals surface area contributed by atoms with Gasteiger partial charge in [0.1, 0.15) is 0 Å². The zero-order valence-corrected chi connectivity index (χ0v) is 11.8. The number of nitrogens with two attached hydrogens (primary N) is 1. The van der Waals surface area contributed by atoms with Crippen LogP contribution in [0.15, 0.2) is 12.1 Å². The first kappa shape index (κ1) is 12.8. The molecular weight excluding hydrogens is 270 g/mol. The van der Waals surface area contributed by atoms with Crippen molar-refractivity contribution in [3.05, 3.63) is 17.7 Å². The van der Waals surface area contributed by atoms with E-state index in [1.54, 1.807) is 12.1 Å². The van der Waals surface area contributed by atoms with E-state index in [0.717, 1.165) is 19.6 Å². The van der Waals surface area contributed by atoms with Crippen LogP contribution >= 0.6 is 0 Å². The number of amides is 1. The topological polar surface area (TPSA) is 76.8 Å². The quantitative estimate of drug-likeness (QED) is 0.788. The van der Waals surface area contributed by atoms with E-state index in [4.69, 9.17) is 15.2 Å². The van der Waals surface area contributed by atoms with Gasteiger partial charge >= 0.3 is 0 Å². The monoisotopic (exact) mass is 289 g/mol. The molecule has 3 N–H and O–H groups in total. The number of piperidine rings is 3. The zero-order valence-electron chi connectivity index (χ0n) is 11.8. The standard InChI is InChI=1S/C15H19N3O3/c16-11-6-14-13(20-8-21-14)5-10(11)15(19)17-12-7-18-3-1-9(12)2-4-18/h5-6,9,12H,1-4,7-8,16H2,(H,17,19). The number of rotatable bonds is 2. The second-order valence-electron chi connectivity index (χ2n) is 6.01. The van der Waals surface area contributed by atoms with Crippen molar-refractivity contribution in [3.63, 3.8) is 0 Å². The molecule has 0 spiro atoms. The van der Waals surface area contributed by atoms with Gasteiger partial charge in [-0.2, -0.15) is 0 Å². The van der Waals surface area contributed by atoms with Gasteiger partial charge in [0.25, 0.3) is 5.91 Å². The number of benzene rings is 1. The first-order valence-corrected chi connectivity index (χ1v) is 7.43. The summed E-state index contributed by atoms with van der Waals surface area (Å²) >= 11 is 0. The maximum absolute atomic E-state index is 12.5. The molecule has 6 nitrogen and oxygen atoms in total. The molecular formula is C15H19N3O3. The van der Waals surface area contributed by atoms with Gasteiger partial charge in [-0.3, -0.25) is 4.79 Å². The molecule has 1 aromatic rings. The van der Waals surface area contributed by atoms with Crippen LogP contribution in [-0.4, -0.2) is 43.3 Å². The molecule has 3 fully saturated rings. The average Bonchev–Trinajstić information content (AvgIpc) is 2.94. The van der Waals surface area contributed by atoms with Crippen LogP contribution in [0.2, 0.25) is 0 Å². The van der Waals surface area contributed by atoms with E-state index < -0.39 is 0 Å². The van der Waals surface area contributed by atoms with E-state index in [2.05, 4.69) is 10.2 Å². The number of nitrogens with one attached hydrogen (secondary N) is 1. The van der Waals surface area contributed by atoms with Crippen molar-refractivity contribution < 1.29 is 14.3 Å². The number of carbonyl (C=O) groups excluding carboxylic acids is 1. The van der Waals surface area contributed by atoms with Crippen molar-refractivity contribution in [2.45, 2.75) is 18.9 Å². The van der Waals surface area contributed by atoms with Crippen LogP contribution in [0.1, 0.15) is 23.2 Å². The smallest absolute Gasteiger partial charge is 0.253 e. The summed E-state index contributed by atoms with van der Waals surface area (Å²) < 4.78 is 10.6. The number of anilines is 1. The Labute approximate surface area is 123 Å². The number of hydrogen-bond donors (Lipinski definition) is 2. The molecule has 0 aromatic heterocycles. The highest BCUT2D eigenvalue weighted by molar-refractivity contribution is 6.00. The number of carbonyl (C=O) groups is 1. The average molecular weight is 289 g/mol. The normalized spacial score (nSPS) is 29.4. The second-order valence-corrected chi connectivity index (χ2v) is 6.01. The van der Waals surface area contributed by atoms with Crippen molar-refractivity contribution in [3.8, 4) is 11.5 Å². The summed E-state index contributed by atoms with van der Waals surface area (Å²) in [5.74, 6) is 1.66. The second kappa shape index (κ2) is 4.80. The van der Waals surface area contributed by atoms with Crippen LogP contribution < -0.4 is 20.5 Å². The predicted octanol–water partition coefficient (Wildman–Crippen LogP) is 0.821. The third-order valence-corrected chi connectivity index (χ3v) is 4.76. The van der Waals surface area contributed by atoms with Gasteiger partial charge in [-0.1, -0.05) is 0 Å². The van der Waals surface area contributed by atoms with Gasteiger partial charge in [0.15, 0.2) is 11.5 Å². The Morgan fingerprint density at radius 1 is 1.24 bits per heavy atom. The van der Waals surface area contributed by atoms with Gasteiger partial charge in [-0.05, 0) is 37.9 Å². The lowest BCUT2D eigenvalue weighted by molar-refractivity contribution is 0.0621. The van der Waals surface area contributed by atoms with Crippen LogP contribution in [0.5, 0.6) is 11.5 Å². The number of fused-ring (bicyclic) bond motifs is 4. The molecule has 6 heteroatoms.